The summed E-state index contributed by atoms with van der Waals surface area (Å²) in [5, 5.41) is 22.1. The van der Waals surface area contributed by atoms with Crippen LogP contribution >= 0.6 is 35.3 Å². The molecule has 1 aliphatic rings. The lowest BCUT2D eigenvalue weighted by Gasteiger charge is -2.18. The first-order valence-corrected chi connectivity index (χ1v) is 12.2. The van der Waals surface area contributed by atoms with Crippen molar-refractivity contribution in [2.24, 2.45) is 0 Å². The lowest BCUT2D eigenvalue weighted by Crippen LogP contribution is -2.35. The molecular weight excluding hydrogens is 482 g/mol. The number of hydrogen-bond acceptors (Lipinski definition) is 9. The molecule has 1 saturated heterocycles. The molecule has 2 aromatic rings. The fourth-order valence-electron chi connectivity index (χ4n) is 3.32. The minimum absolute atomic E-state index is 0.0739. The molecule has 2 aromatic heterocycles. The van der Waals surface area contributed by atoms with Gasteiger partial charge in [0.25, 0.3) is 11.5 Å². The zero-order valence-electron chi connectivity index (χ0n) is 18.0. The summed E-state index contributed by atoms with van der Waals surface area (Å²) in [4.78, 5) is 41.1. The van der Waals surface area contributed by atoms with Crippen LogP contribution in [0.5, 0.6) is 5.88 Å². The molecule has 0 spiro atoms. The Morgan fingerprint density at radius 1 is 1.39 bits per heavy atom. The van der Waals surface area contributed by atoms with E-state index in [-0.39, 0.29) is 27.6 Å². The summed E-state index contributed by atoms with van der Waals surface area (Å²) < 4.78 is 6.48. The monoisotopic (exact) mass is 503 g/mol. The number of carbonyl (C=O) groups excluding carboxylic acids is 2. The molecule has 0 atom stereocenters. The Kier molecular flexibility index (Phi) is 8.20. The van der Waals surface area contributed by atoms with Gasteiger partial charge in [-0.3, -0.25) is 23.9 Å². The Labute approximate surface area is 204 Å². The second kappa shape index (κ2) is 10.9. The van der Waals surface area contributed by atoms with E-state index in [1.54, 1.807) is 6.08 Å². The standard InChI is InChI=1S/C22H21N3O5S3/c1-3-30-8-5-7-24-19(27)15(11-23)13(2)18(21(24)29)16(26)12-25-20(28)17(33-22(25)31)10-14-6-4-9-32-14/h4,6,9-10,29H,3,5,7-8,12H2,1-2H3/b17-10-. The van der Waals surface area contributed by atoms with E-state index < -0.39 is 29.7 Å². The fraction of sp³-hybridized carbons (Fsp3) is 0.318. The maximum absolute atomic E-state index is 13.2. The minimum atomic E-state index is -0.676. The minimum Gasteiger partial charge on any atom is -0.494 e. The van der Waals surface area contributed by atoms with Crippen molar-refractivity contribution in [3.63, 3.8) is 0 Å². The molecule has 0 aliphatic carbocycles. The Balaban J connectivity index is 1.90. The van der Waals surface area contributed by atoms with E-state index in [0.29, 0.717) is 24.5 Å². The molecular formula is C22H21N3O5S3. The Morgan fingerprint density at radius 3 is 2.79 bits per heavy atom. The fourth-order valence-corrected chi connectivity index (χ4v) is 5.30. The third kappa shape index (κ3) is 5.25. The van der Waals surface area contributed by atoms with Crippen molar-refractivity contribution in [3.05, 3.63) is 54.3 Å². The first-order valence-electron chi connectivity index (χ1n) is 10.1. The van der Waals surface area contributed by atoms with Crippen molar-refractivity contribution in [2.75, 3.05) is 19.8 Å². The van der Waals surface area contributed by atoms with Crippen LogP contribution in [0.3, 0.4) is 0 Å². The molecule has 33 heavy (non-hydrogen) atoms. The Bertz CT molecular complexity index is 1230. The number of amides is 1. The van der Waals surface area contributed by atoms with Crippen molar-refractivity contribution in [1.82, 2.24) is 9.47 Å². The zero-order valence-corrected chi connectivity index (χ0v) is 20.4. The second-order valence-corrected chi connectivity index (χ2v) is 9.68. The van der Waals surface area contributed by atoms with Crippen LogP contribution < -0.4 is 5.56 Å². The number of ketones is 1. The number of pyridine rings is 1. The Morgan fingerprint density at radius 2 is 2.15 bits per heavy atom. The molecule has 11 heteroatoms. The van der Waals surface area contributed by atoms with Gasteiger partial charge in [-0.1, -0.05) is 30.0 Å². The number of carbonyl (C=O) groups is 2. The van der Waals surface area contributed by atoms with Crippen molar-refractivity contribution in [3.8, 4) is 11.9 Å². The van der Waals surface area contributed by atoms with E-state index in [0.717, 1.165) is 26.1 Å². The van der Waals surface area contributed by atoms with E-state index in [9.17, 15) is 24.8 Å². The number of nitrogens with zero attached hydrogens (tertiary/aromatic N) is 3. The highest BCUT2D eigenvalue weighted by atomic mass is 32.2. The van der Waals surface area contributed by atoms with Crippen LogP contribution in [-0.4, -0.2) is 50.3 Å². The molecule has 172 valence electrons. The van der Waals surface area contributed by atoms with Gasteiger partial charge in [0.15, 0.2) is 5.78 Å². The molecule has 8 nitrogen and oxygen atoms in total. The highest BCUT2D eigenvalue weighted by Crippen LogP contribution is 2.34. The first kappa shape index (κ1) is 24.9. The zero-order chi connectivity index (χ0) is 24.1. The quantitative estimate of drug-likeness (QED) is 0.240. The molecule has 3 heterocycles. The topological polar surface area (TPSA) is 113 Å². The highest BCUT2D eigenvalue weighted by Gasteiger charge is 2.35. The molecule has 1 amide bonds. The van der Waals surface area contributed by atoms with E-state index in [4.69, 9.17) is 17.0 Å². The van der Waals surface area contributed by atoms with Crippen LogP contribution in [0.4, 0.5) is 0 Å². The molecule has 0 radical (unpaired) electrons. The summed E-state index contributed by atoms with van der Waals surface area (Å²) in [6.45, 7) is 3.79. The Hall–Kier alpha value is -2.78. The summed E-state index contributed by atoms with van der Waals surface area (Å²) in [6, 6.07) is 5.55. The van der Waals surface area contributed by atoms with Crippen LogP contribution in [0.25, 0.3) is 6.08 Å². The van der Waals surface area contributed by atoms with Crippen molar-refractivity contribution >= 4 is 57.4 Å². The van der Waals surface area contributed by atoms with E-state index >= 15 is 0 Å². The predicted molar refractivity (Wildman–Crippen MR) is 131 cm³/mol. The second-order valence-electron chi connectivity index (χ2n) is 7.02. The van der Waals surface area contributed by atoms with Crippen LogP contribution in [0, 0.1) is 18.3 Å². The number of aromatic hydroxyl groups is 1. The number of aromatic nitrogens is 1. The number of rotatable bonds is 9. The third-order valence-corrected chi connectivity index (χ3v) is 7.14. The van der Waals surface area contributed by atoms with Gasteiger partial charge in [-0.05, 0) is 43.4 Å². The smallest absolute Gasteiger partial charge is 0.271 e. The average molecular weight is 504 g/mol. The predicted octanol–water partition coefficient (Wildman–Crippen LogP) is 3.31. The van der Waals surface area contributed by atoms with E-state index in [2.05, 4.69) is 0 Å². The first-order chi connectivity index (χ1) is 15.8. The number of hydrogen-bond donors (Lipinski definition) is 1. The number of thiocarbonyl (C=S) groups is 1. The molecule has 1 aliphatic heterocycles. The molecule has 0 unspecified atom stereocenters. The molecule has 0 aromatic carbocycles. The average Bonchev–Trinajstić information content (AvgIpc) is 3.37. The molecule has 1 fully saturated rings. The number of thioether (sulfide) groups is 1. The van der Waals surface area contributed by atoms with Crippen molar-refractivity contribution in [2.45, 2.75) is 26.8 Å². The molecule has 3 rings (SSSR count). The van der Waals surface area contributed by atoms with Crippen LogP contribution in [0.2, 0.25) is 0 Å². The number of ether oxygens (including phenoxy) is 1. The van der Waals surface area contributed by atoms with Gasteiger partial charge in [0.2, 0.25) is 5.88 Å². The van der Waals surface area contributed by atoms with Gasteiger partial charge >= 0.3 is 0 Å². The summed E-state index contributed by atoms with van der Waals surface area (Å²) in [7, 11) is 0. The molecule has 0 bridgehead atoms. The van der Waals surface area contributed by atoms with Gasteiger partial charge in [0.1, 0.15) is 16.0 Å². The van der Waals surface area contributed by atoms with Gasteiger partial charge in [-0.2, -0.15) is 5.26 Å². The maximum atomic E-state index is 13.2. The van der Waals surface area contributed by atoms with Gasteiger partial charge in [-0.25, -0.2) is 0 Å². The van der Waals surface area contributed by atoms with Crippen LogP contribution in [0.15, 0.2) is 27.2 Å². The number of nitriles is 1. The SMILES string of the molecule is CCOCCCn1c(O)c(C(=O)CN2C(=O)/C(=C/c3cccs3)SC2=S)c(C)c(C#N)c1=O. The summed E-state index contributed by atoms with van der Waals surface area (Å²) >= 11 is 7.86. The van der Waals surface area contributed by atoms with Crippen molar-refractivity contribution in [1.29, 1.82) is 5.26 Å². The van der Waals surface area contributed by atoms with Gasteiger partial charge in [-0.15, -0.1) is 11.3 Å². The lowest BCUT2D eigenvalue weighted by atomic mass is 10.0. The largest absolute Gasteiger partial charge is 0.494 e. The molecule has 1 N–H and O–H groups in total. The maximum Gasteiger partial charge on any atom is 0.271 e. The summed E-state index contributed by atoms with van der Waals surface area (Å²) in [6.07, 6.45) is 2.12. The highest BCUT2D eigenvalue weighted by molar-refractivity contribution is 8.26. The van der Waals surface area contributed by atoms with Crippen LogP contribution in [-0.2, 0) is 16.1 Å². The molecule has 0 saturated carbocycles. The number of thiophene rings is 1. The number of Topliss-reactive ketones (excluding diaryl/α,β-unsaturated/α-hetero) is 1. The van der Waals surface area contributed by atoms with Gasteiger partial charge in [0.05, 0.1) is 17.0 Å². The van der Waals surface area contributed by atoms with E-state index in [1.165, 1.54) is 18.3 Å². The van der Waals surface area contributed by atoms with Gasteiger partial charge in [0, 0.05) is 24.6 Å². The summed E-state index contributed by atoms with van der Waals surface area (Å²) in [5.41, 5.74) is -0.995. The summed E-state index contributed by atoms with van der Waals surface area (Å²) in [5.74, 6) is -1.55. The lowest BCUT2D eigenvalue weighted by molar-refractivity contribution is -0.121. The van der Waals surface area contributed by atoms with Crippen molar-refractivity contribution < 1.29 is 19.4 Å². The third-order valence-electron chi connectivity index (χ3n) is 4.95. The van der Waals surface area contributed by atoms with E-state index in [1.807, 2.05) is 30.5 Å². The van der Waals surface area contributed by atoms with Crippen LogP contribution in [0.1, 0.15) is 39.7 Å². The normalized spacial score (nSPS) is 14.8. The van der Waals surface area contributed by atoms with Gasteiger partial charge < -0.3 is 9.84 Å².